The van der Waals surface area contributed by atoms with Crippen molar-refractivity contribution in [1.29, 1.82) is 0 Å². The maximum absolute atomic E-state index is 5.19. The standard InChI is InChI=1S/C11H15O4/c1-12-7-8-5-9(13-2)11(15-4)10(6-8)14-3/h5-7H,1-4H3. The molecule has 0 fully saturated rings. The van der Waals surface area contributed by atoms with Crippen LogP contribution in [0.2, 0.25) is 0 Å². The lowest BCUT2D eigenvalue weighted by Gasteiger charge is -2.13. The molecule has 4 heteroatoms. The molecule has 1 radical (unpaired) electrons. The number of benzene rings is 1. The van der Waals surface area contributed by atoms with Crippen LogP contribution in [0.25, 0.3) is 0 Å². The normalized spacial score (nSPS) is 9.87. The molecule has 1 aromatic rings. The van der Waals surface area contributed by atoms with E-state index in [1.54, 1.807) is 35.0 Å². The first-order chi connectivity index (χ1) is 7.26. The molecule has 0 N–H and O–H groups in total. The molecule has 0 aliphatic heterocycles. The number of methoxy groups -OCH3 is 4. The third kappa shape index (κ3) is 2.53. The van der Waals surface area contributed by atoms with E-state index in [0.717, 1.165) is 5.56 Å². The van der Waals surface area contributed by atoms with Crippen LogP contribution in [0, 0.1) is 6.61 Å². The summed E-state index contributed by atoms with van der Waals surface area (Å²) in [4.78, 5) is 0. The van der Waals surface area contributed by atoms with E-state index < -0.39 is 0 Å². The van der Waals surface area contributed by atoms with Crippen molar-refractivity contribution in [3.05, 3.63) is 24.3 Å². The smallest absolute Gasteiger partial charge is 0.203 e. The molecule has 0 saturated heterocycles. The Hall–Kier alpha value is -1.42. The third-order valence-electron chi connectivity index (χ3n) is 1.94. The highest BCUT2D eigenvalue weighted by Crippen LogP contribution is 2.38. The van der Waals surface area contributed by atoms with Crippen molar-refractivity contribution in [2.75, 3.05) is 28.4 Å². The Morgan fingerprint density at radius 1 is 0.867 bits per heavy atom. The maximum Gasteiger partial charge on any atom is 0.203 e. The lowest BCUT2D eigenvalue weighted by Crippen LogP contribution is -1.97. The number of rotatable bonds is 5. The zero-order chi connectivity index (χ0) is 11.3. The van der Waals surface area contributed by atoms with Crippen molar-refractivity contribution in [1.82, 2.24) is 0 Å². The molecule has 83 valence electrons. The highest BCUT2D eigenvalue weighted by Gasteiger charge is 2.12. The van der Waals surface area contributed by atoms with Crippen molar-refractivity contribution in [3.63, 3.8) is 0 Å². The monoisotopic (exact) mass is 211 g/mol. The van der Waals surface area contributed by atoms with Gasteiger partial charge in [0.25, 0.3) is 0 Å². The van der Waals surface area contributed by atoms with Crippen LogP contribution < -0.4 is 14.2 Å². The lowest BCUT2D eigenvalue weighted by molar-refractivity contribution is 0.289. The molecule has 0 spiro atoms. The Labute approximate surface area is 89.7 Å². The van der Waals surface area contributed by atoms with Crippen molar-refractivity contribution >= 4 is 0 Å². The van der Waals surface area contributed by atoms with Crippen LogP contribution in [0.1, 0.15) is 5.56 Å². The molecule has 0 aromatic heterocycles. The van der Waals surface area contributed by atoms with E-state index in [1.165, 1.54) is 0 Å². The van der Waals surface area contributed by atoms with E-state index in [2.05, 4.69) is 0 Å². The second-order valence-corrected chi connectivity index (χ2v) is 2.81. The predicted molar refractivity (Wildman–Crippen MR) is 56.5 cm³/mol. The Bertz CT molecular complexity index is 297. The molecule has 0 atom stereocenters. The summed E-state index contributed by atoms with van der Waals surface area (Å²) in [5, 5.41) is 0. The van der Waals surface area contributed by atoms with Gasteiger partial charge in [0, 0.05) is 7.11 Å². The SMILES string of the molecule is CO[CH]c1cc(OC)c(OC)c(OC)c1. The molecule has 1 aromatic carbocycles. The van der Waals surface area contributed by atoms with Gasteiger partial charge in [0.2, 0.25) is 5.75 Å². The van der Waals surface area contributed by atoms with Crippen molar-refractivity contribution in [2.24, 2.45) is 0 Å². The van der Waals surface area contributed by atoms with Crippen LogP contribution in [-0.2, 0) is 4.74 Å². The minimum absolute atomic E-state index is 0.577. The van der Waals surface area contributed by atoms with Crippen LogP contribution in [-0.4, -0.2) is 28.4 Å². The first kappa shape index (κ1) is 11.7. The Balaban J connectivity index is 3.16. The second-order valence-electron chi connectivity index (χ2n) is 2.81. The van der Waals surface area contributed by atoms with Crippen LogP contribution in [0.3, 0.4) is 0 Å². The second kappa shape index (κ2) is 5.46. The van der Waals surface area contributed by atoms with Gasteiger partial charge in [-0.3, -0.25) is 0 Å². The Morgan fingerprint density at radius 3 is 1.73 bits per heavy atom. The quantitative estimate of drug-likeness (QED) is 0.745. The van der Waals surface area contributed by atoms with E-state index in [1.807, 2.05) is 12.1 Å². The van der Waals surface area contributed by atoms with E-state index in [4.69, 9.17) is 18.9 Å². The Morgan fingerprint density at radius 2 is 1.40 bits per heavy atom. The zero-order valence-corrected chi connectivity index (χ0v) is 9.37. The average molecular weight is 211 g/mol. The van der Waals surface area contributed by atoms with Gasteiger partial charge < -0.3 is 18.9 Å². The van der Waals surface area contributed by atoms with Gasteiger partial charge in [0.15, 0.2) is 11.5 Å². The maximum atomic E-state index is 5.19. The van der Waals surface area contributed by atoms with Crippen molar-refractivity contribution in [2.45, 2.75) is 0 Å². The lowest BCUT2D eigenvalue weighted by atomic mass is 10.2. The van der Waals surface area contributed by atoms with E-state index in [-0.39, 0.29) is 0 Å². The van der Waals surface area contributed by atoms with Gasteiger partial charge in [-0.2, -0.15) is 0 Å². The van der Waals surface area contributed by atoms with Crippen LogP contribution >= 0.6 is 0 Å². The largest absolute Gasteiger partial charge is 0.493 e. The minimum atomic E-state index is 0.577. The Kier molecular flexibility index (Phi) is 4.24. The minimum Gasteiger partial charge on any atom is -0.493 e. The summed E-state index contributed by atoms with van der Waals surface area (Å²) in [7, 11) is 6.31. The number of hydrogen-bond donors (Lipinski definition) is 0. The topological polar surface area (TPSA) is 36.9 Å². The average Bonchev–Trinajstić information content (AvgIpc) is 2.28. The van der Waals surface area contributed by atoms with Crippen LogP contribution in [0.5, 0.6) is 17.2 Å². The van der Waals surface area contributed by atoms with Gasteiger partial charge in [-0.25, -0.2) is 0 Å². The van der Waals surface area contributed by atoms with Crippen molar-refractivity contribution < 1.29 is 18.9 Å². The van der Waals surface area contributed by atoms with Gasteiger partial charge in [-0.05, 0) is 17.7 Å². The molecular weight excluding hydrogens is 196 g/mol. The highest BCUT2D eigenvalue weighted by molar-refractivity contribution is 5.54. The van der Waals surface area contributed by atoms with Gasteiger partial charge in [0.05, 0.1) is 21.3 Å². The summed E-state index contributed by atoms with van der Waals surface area (Å²) in [5.74, 6) is 1.80. The highest BCUT2D eigenvalue weighted by atomic mass is 16.5. The van der Waals surface area contributed by atoms with Crippen molar-refractivity contribution in [3.8, 4) is 17.2 Å². The van der Waals surface area contributed by atoms with Crippen LogP contribution in [0.4, 0.5) is 0 Å². The summed E-state index contributed by atoms with van der Waals surface area (Å²) in [5.41, 5.74) is 0.854. The molecule has 0 unspecified atom stereocenters. The zero-order valence-electron chi connectivity index (χ0n) is 9.37. The van der Waals surface area contributed by atoms with E-state index in [0.29, 0.717) is 17.2 Å². The number of hydrogen-bond acceptors (Lipinski definition) is 4. The molecule has 0 bridgehead atoms. The third-order valence-corrected chi connectivity index (χ3v) is 1.94. The predicted octanol–water partition coefficient (Wildman–Crippen LogP) is 1.87. The van der Waals surface area contributed by atoms with Gasteiger partial charge in [-0.15, -0.1) is 0 Å². The van der Waals surface area contributed by atoms with Crippen LogP contribution in [0.15, 0.2) is 12.1 Å². The first-order valence-electron chi connectivity index (χ1n) is 4.42. The summed E-state index contributed by atoms with van der Waals surface area (Å²) >= 11 is 0. The van der Waals surface area contributed by atoms with Gasteiger partial charge >= 0.3 is 0 Å². The summed E-state index contributed by atoms with van der Waals surface area (Å²) in [6.45, 7) is 1.60. The summed E-state index contributed by atoms with van der Waals surface area (Å²) in [6, 6.07) is 3.62. The van der Waals surface area contributed by atoms with E-state index in [9.17, 15) is 0 Å². The fourth-order valence-electron chi connectivity index (χ4n) is 1.31. The fourth-order valence-corrected chi connectivity index (χ4v) is 1.31. The molecule has 0 heterocycles. The molecular formula is C11H15O4. The fraction of sp³-hybridized carbons (Fsp3) is 0.364. The van der Waals surface area contributed by atoms with Gasteiger partial charge in [-0.1, -0.05) is 0 Å². The van der Waals surface area contributed by atoms with E-state index >= 15 is 0 Å². The summed E-state index contributed by atoms with van der Waals surface area (Å²) in [6.07, 6.45) is 0. The molecule has 0 aliphatic rings. The molecule has 0 aliphatic carbocycles. The number of ether oxygens (including phenoxy) is 4. The molecule has 1 rings (SSSR count). The molecule has 0 saturated carbocycles. The molecule has 0 amide bonds. The molecule has 4 nitrogen and oxygen atoms in total. The summed E-state index contributed by atoms with van der Waals surface area (Å²) < 4.78 is 20.5. The first-order valence-corrected chi connectivity index (χ1v) is 4.42. The van der Waals surface area contributed by atoms with Gasteiger partial charge in [0.1, 0.15) is 6.61 Å². The molecule has 15 heavy (non-hydrogen) atoms.